The van der Waals surface area contributed by atoms with Gasteiger partial charge in [0.15, 0.2) is 0 Å². The molecule has 3 aliphatic rings. The number of imide groups is 1. The number of benzene rings is 1. The van der Waals surface area contributed by atoms with Gasteiger partial charge in [-0.15, -0.1) is 0 Å². The van der Waals surface area contributed by atoms with Crippen molar-refractivity contribution in [2.45, 2.75) is 14.4 Å². The summed E-state index contributed by atoms with van der Waals surface area (Å²) in [4.78, 5) is 38.4. The van der Waals surface area contributed by atoms with Crippen LogP contribution in [0.1, 0.15) is 0 Å². The number of hydrogen-bond acceptors (Lipinski definition) is 6. The van der Waals surface area contributed by atoms with Crippen molar-refractivity contribution in [3.63, 3.8) is 0 Å². The predicted molar refractivity (Wildman–Crippen MR) is 118 cm³/mol. The van der Waals surface area contributed by atoms with Gasteiger partial charge in [-0.1, -0.05) is 63.7 Å². The highest BCUT2D eigenvalue weighted by atomic mass is 79.9. The Kier molecular flexibility index (Phi) is 4.96. The number of nitro groups is 1. The first kappa shape index (κ1) is 21.6. The lowest BCUT2D eigenvalue weighted by atomic mass is 9.85. The molecule has 1 aliphatic heterocycles. The van der Waals surface area contributed by atoms with Crippen LogP contribution in [0.2, 0.25) is 0 Å². The van der Waals surface area contributed by atoms with Gasteiger partial charge in [-0.2, -0.15) is 0 Å². The molecular weight excluding hydrogens is 648 g/mol. The van der Waals surface area contributed by atoms with E-state index in [4.69, 9.17) is 9.47 Å². The number of amides is 2. The molecule has 4 rings (SSSR count). The normalized spacial score (nSPS) is 34.9. The Hall–Kier alpha value is -0.660. The molecule has 2 bridgehead atoms. The number of hydrogen-bond donors (Lipinski definition) is 0. The van der Waals surface area contributed by atoms with Crippen LogP contribution in [-0.2, 0) is 19.1 Å². The molecule has 8 nitrogen and oxygen atoms in total. The van der Waals surface area contributed by atoms with Crippen LogP contribution in [0.5, 0.6) is 0 Å². The molecule has 1 saturated carbocycles. The molecule has 0 spiro atoms. The van der Waals surface area contributed by atoms with Crippen molar-refractivity contribution in [2.75, 3.05) is 19.1 Å². The maximum atomic E-state index is 13.5. The number of nitrogens with zero attached hydrogens (tertiary/aromatic N) is 2. The van der Waals surface area contributed by atoms with Gasteiger partial charge in [-0.25, -0.2) is 4.90 Å². The molecule has 154 valence electrons. The predicted octanol–water partition coefficient (Wildman–Crippen LogP) is 3.99. The van der Waals surface area contributed by atoms with E-state index >= 15 is 0 Å². The van der Waals surface area contributed by atoms with Crippen LogP contribution in [0.4, 0.5) is 11.4 Å². The Morgan fingerprint density at radius 1 is 0.966 bits per heavy atom. The maximum Gasteiger partial charge on any atom is 0.269 e. The minimum absolute atomic E-state index is 0.132. The lowest BCUT2D eigenvalue weighted by molar-refractivity contribution is -0.384. The van der Waals surface area contributed by atoms with E-state index in [2.05, 4.69) is 63.7 Å². The lowest BCUT2D eigenvalue weighted by Gasteiger charge is -2.43. The van der Waals surface area contributed by atoms with E-state index in [0.29, 0.717) is 8.96 Å². The molecule has 1 aromatic carbocycles. The zero-order valence-electron chi connectivity index (χ0n) is 14.8. The van der Waals surface area contributed by atoms with Gasteiger partial charge < -0.3 is 9.47 Å². The first-order valence-electron chi connectivity index (χ1n) is 8.21. The van der Waals surface area contributed by atoms with Crippen molar-refractivity contribution >= 4 is 86.9 Å². The third-order valence-electron chi connectivity index (χ3n) is 5.85. The van der Waals surface area contributed by atoms with Crippen LogP contribution in [-0.4, -0.2) is 45.4 Å². The van der Waals surface area contributed by atoms with Crippen LogP contribution in [0.3, 0.4) is 0 Å². The topological polar surface area (TPSA) is 99.0 Å². The summed E-state index contributed by atoms with van der Waals surface area (Å²) in [5.41, 5.74) is 0.131. The SMILES string of the molecule is COC1(OC)C2(Br)C(Br)=C(Br)C1(Br)C1C(=O)N(c3ccc([N+](=O)[O-])cc3)C(=O)C12. The van der Waals surface area contributed by atoms with Gasteiger partial charge >= 0.3 is 0 Å². The van der Waals surface area contributed by atoms with E-state index in [-0.39, 0.29) is 11.4 Å². The van der Waals surface area contributed by atoms with Crippen molar-refractivity contribution in [1.29, 1.82) is 0 Å². The van der Waals surface area contributed by atoms with Crippen molar-refractivity contribution in [3.8, 4) is 0 Å². The fourth-order valence-electron chi connectivity index (χ4n) is 4.68. The molecule has 4 unspecified atom stereocenters. The number of non-ortho nitro benzene ring substituents is 1. The molecule has 0 radical (unpaired) electrons. The van der Waals surface area contributed by atoms with Gasteiger partial charge in [0.25, 0.3) is 5.69 Å². The summed E-state index contributed by atoms with van der Waals surface area (Å²) >= 11 is 14.4. The van der Waals surface area contributed by atoms with E-state index in [1.54, 1.807) is 0 Å². The van der Waals surface area contributed by atoms with Crippen molar-refractivity contribution in [2.24, 2.45) is 11.8 Å². The second kappa shape index (κ2) is 6.67. The zero-order valence-corrected chi connectivity index (χ0v) is 21.2. The number of carbonyl (C=O) groups excluding carboxylic acids is 2. The van der Waals surface area contributed by atoms with Crippen LogP contribution in [0.25, 0.3) is 0 Å². The molecule has 2 amide bonds. The number of ether oxygens (including phenoxy) is 2. The number of nitro benzene ring substituents is 1. The zero-order chi connectivity index (χ0) is 21.5. The highest BCUT2D eigenvalue weighted by Crippen LogP contribution is 2.77. The Morgan fingerprint density at radius 2 is 1.38 bits per heavy atom. The molecule has 1 saturated heterocycles. The third kappa shape index (κ3) is 2.20. The van der Waals surface area contributed by atoms with E-state index in [9.17, 15) is 19.7 Å². The number of rotatable bonds is 4. The van der Waals surface area contributed by atoms with Crippen LogP contribution >= 0.6 is 63.7 Å². The Bertz CT molecular complexity index is 948. The summed E-state index contributed by atoms with van der Waals surface area (Å²) < 4.78 is 10.4. The summed E-state index contributed by atoms with van der Waals surface area (Å²) in [6.07, 6.45) is 0. The summed E-state index contributed by atoms with van der Waals surface area (Å²) in [6, 6.07) is 5.28. The van der Waals surface area contributed by atoms with E-state index < -0.39 is 43.0 Å². The minimum Gasteiger partial charge on any atom is -0.350 e. The molecule has 0 N–H and O–H groups in total. The van der Waals surface area contributed by atoms with Crippen molar-refractivity contribution in [3.05, 3.63) is 43.3 Å². The van der Waals surface area contributed by atoms with Crippen molar-refractivity contribution < 1.29 is 24.0 Å². The highest BCUT2D eigenvalue weighted by molar-refractivity contribution is 9.16. The first-order valence-corrected chi connectivity index (χ1v) is 11.4. The summed E-state index contributed by atoms with van der Waals surface area (Å²) in [7, 11) is 2.90. The number of halogens is 4. The molecule has 12 heteroatoms. The summed E-state index contributed by atoms with van der Waals surface area (Å²) in [5.74, 6) is -4.00. The fraction of sp³-hybridized carbons (Fsp3) is 0.412. The van der Waals surface area contributed by atoms with Gasteiger partial charge in [-0.05, 0) is 12.1 Å². The molecule has 2 aliphatic carbocycles. The Labute approximate surface area is 198 Å². The Morgan fingerprint density at radius 3 is 1.72 bits per heavy atom. The number of carbonyl (C=O) groups is 2. The van der Waals surface area contributed by atoms with Crippen LogP contribution in [0, 0.1) is 22.0 Å². The molecule has 1 heterocycles. The van der Waals surface area contributed by atoms with Gasteiger partial charge in [0.2, 0.25) is 17.6 Å². The largest absolute Gasteiger partial charge is 0.350 e. The number of methoxy groups -OCH3 is 2. The molecular formula is C17H12Br4N2O6. The molecule has 1 aromatic rings. The van der Waals surface area contributed by atoms with Crippen molar-refractivity contribution in [1.82, 2.24) is 0 Å². The summed E-state index contributed by atoms with van der Waals surface area (Å²) in [5, 5.41) is 10.9. The lowest BCUT2D eigenvalue weighted by Crippen LogP contribution is -2.59. The van der Waals surface area contributed by atoms with E-state index in [1.807, 2.05) is 0 Å². The molecule has 29 heavy (non-hydrogen) atoms. The standard InChI is InChI=1S/C17H12Br4N2O6/c1-28-17(29-2)15(20)9-10(16(17,21)12(19)11(15)18)14(25)22(13(9)24)7-3-5-8(6-4-7)23(26)27/h3-6,9-10H,1-2H3. The highest BCUT2D eigenvalue weighted by Gasteiger charge is 2.88. The molecule has 4 atom stereocenters. The minimum atomic E-state index is -1.39. The molecule has 2 fully saturated rings. The quantitative estimate of drug-likeness (QED) is 0.160. The summed E-state index contributed by atoms with van der Waals surface area (Å²) in [6.45, 7) is 0. The van der Waals surface area contributed by atoms with Gasteiger partial charge in [0, 0.05) is 35.3 Å². The Balaban J connectivity index is 1.87. The number of anilines is 1. The second-order valence-corrected chi connectivity index (χ2v) is 10.9. The number of alkyl halides is 2. The van der Waals surface area contributed by atoms with Crippen LogP contribution < -0.4 is 4.90 Å². The van der Waals surface area contributed by atoms with E-state index in [0.717, 1.165) is 4.90 Å². The van der Waals surface area contributed by atoms with E-state index in [1.165, 1.54) is 38.5 Å². The maximum absolute atomic E-state index is 13.5. The van der Waals surface area contributed by atoms with Gasteiger partial charge in [0.05, 0.1) is 22.4 Å². The van der Waals surface area contributed by atoms with Crippen LogP contribution in [0.15, 0.2) is 33.2 Å². The smallest absolute Gasteiger partial charge is 0.269 e. The average molecular weight is 660 g/mol. The molecule has 0 aromatic heterocycles. The monoisotopic (exact) mass is 656 g/mol. The first-order chi connectivity index (χ1) is 13.5. The number of fused-ring (bicyclic) bond motifs is 5. The average Bonchev–Trinajstić information content (AvgIpc) is 3.12. The van der Waals surface area contributed by atoms with Gasteiger partial charge in [0.1, 0.15) is 8.65 Å². The third-order valence-corrected chi connectivity index (χ3v) is 12.3. The van der Waals surface area contributed by atoms with Gasteiger partial charge in [-0.3, -0.25) is 19.7 Å². The fourth-order valence-corrected chi connectivity index (χ4v) is 9.71. The second-order valence-electron chi connectivity index (χ2n) is 6.82.